The Balaban J connectivity index is 2.04. The van der Waals surface area contributed by atoms with Crippen LogP contribution >= 0.6 is 0 Å². The van der Waals surface area contributed by atoms with E-state index < -0.39 is 30.0 Å². The zero-order valence-corrected chi connectivity index (χ0v) is 19.7. The van der Waals surface area contributed by atoms with Crippen molar-refractivity contribution in [2.24, 2.45) is 0 Å². The summed E-state index contributed by atoms with van der Waals surface area (Å²) in [6.07, 6.45) is -0.261. The van der Waals surface area contributed by atoms with Crippen molar-refractivity contribution in [1.82, 2.24) is 9.97 Å². The number of nitrogens with one attached hydrogen (secondary N) is 1. The maximum absolute atomic E-state index is 15.0. The molecule has 0 radical (unpaired) electrons. The minimum Gasteiger partial charge on any atom is -0.493 e. The molecule has 0 aliphatic heterocycles. The molecular weight excluding hydrogens is 451 g/mol. The van der Waals surface area contributed by atoms with Crippen LogP contribution in [0.2, 0.25) is 0 Å². The minimum atomic E-state index is -3.69. The second-order valence-electron chi connectivity index (χ2n) is 7.96. The SMILES string of the molecule is COC[C@@H](C)Oc1cc2c(N[C@H](C)c3cccc(C(F)(F)CO)c3F)nc(C)nc2cc1OC. The average Bonchev–Trinajstić information content (AvgIpc) is 2.79. The molecule has 2 aromatic carbocycles. The summed E-state index contributed by atoms with van der Waals surface area (Å²) in [5, 5.41) is 12.7. The number of hydrogen-bond acceptors (Lipinski definition) is 7. The Morgan fingerprint density at radius 1 is 1.12 bits per heavy atom. The lowest BCUT2D eigenvalue weighted by Crippen LogP contribution is -2.22. The minimum absolute atomic E-state index is 0.00809. The molecule has 7 nitrogen and oxygen atoms in total. The van der Waals surface area contributed by atoms with Crippen molar-refractivity contribution >= 4 is 16.7 Å². The molecule has 10 heteroatoms. The third-order valence-corrected chi connectivity index (χ3v) is 5.26. The zero-order chi connectivity index (χ0) is 25.0. The summed E-state index contributed by atoms with van der Waals surface area (Å²) >= 11 is 0. The Bertz CT molecular complexity index is 1160. The molecule has 3 aromatic rings. The Hall–Kier alpha value is -3.11. The number of aliphatic hydroxyl groups is 1. The molecule has 0 aliphatic carbocycles. The fourth-order valence-corrected chi connectivity index (χ4v) is 3.63. The van der Waals surface area contributed by atoms with Crippen molar-refractivity contribution in [2.75, 3.05) is 32.8 Å². The molecule has 2 N–H and O–H groups in total. The van der Waals surface area contributed by atoms with Crippen LogP contribution in [0.15, 0.2) is 30.3 Å². The van der Waals surface area contributed by atoms with E-state index in [0.29, 0.717) is 40.7 Å². The number of alkyl halides is 2. The molecule has 184 valence electrons. The number of anilines is 1. The van der Waals surface area contributed by atoms with Crippen molar-refractivity contribution in [3.05, 3.63) is 53.1 Å². The van der Waals surface area contributed by atoms with E-state index in [1.165, 1.54) is 19.2 Å². The van der Waals surface area contributed by atoms with Crippen LogP contribution in [0.3, 0.4) is 0 Å². The number of nitrogens with zero attached hydrogens (tertiary/aromatic N) is 2. The predicted octanol–water partition coefficient (Wildman–Crippen LogP) is 4.76. The highest BCUT2D eigenvalue weighted by atomic mass is 19.3. The van der Waals surface area contributed by atoms with Crippen LogP contribution in [0.4, 0.5) is 19.0 Å². The van der Waals surface area contributed by atoms with E-state index in [0.717, 1.165) is 6.07 Å². The Labute approximate surface area is 195 Å². The highest BCUT2D eigenvalue weighted by Gasteiger charge is 2.35. The Kier molecular flexibility index (Phi) is 7.83. The van der Waals surface area contributed by atoms with Gasteiger partial charge in [-0.1, -0.05) is 12.1 Å². The topological polar surface area (TPSA) is 85.7 Å². The van der Waals surface area contributed by atoms with E-state index in [1.54, 1.807) is 33.1 Å². The van der Waals surface area contributed by atoms with Crippen LogP contribution in [-0.2, 0) is 10.7 Å². The monoisotopic (exact) mass is 479 g/mol. The Morgan fingerprint density at radius 2 is 1.85 bits per heavy atom. The van der Waals surface area contributed by atoms with E-state index in [1.807, 2.05) is 6.92 Å². The number of aryl methyl sites for hydroxylation is 1. The highest BCUT2D eigenvalue weighted by Crippen LogP contribution is 2.37. The van der Waals surface area contributed by atoms with Gasteiger partial charge in [-0.05, 0) is 32.9 Å². The molecular formula is C24H28F3N3O4. The van der Waals surface area contributed by atoms with Crippen molar-refractivity contribution in [1.29, 1.82) is 0 Å². The second-order valence-corrected chi connectivity index (χ2v) is 7.96. The number of methoxy groups -OCH3 is 2. The molecule has 2 atom stereocenters. The maximum Gasteiger partial charge on any atom is 0.298 e. The number of aromatic nitrogens is 2. The summed E-state index contributed by atoms with van der Waals surface area (Å²) in [6, 6.07) is 6.38. The summed E-state index contributed by atoms with van der Waals surface area (Å²) in [6.45, 7) is 4.05. The number of ether oxygens (including phenoxy) is 3. The number of rotatable bonds is 10. The van der Waals surface area contributed by atoms with Gasteiger partial charge in [-0.25, -0.2) is 14.4 Å². The Morgan fingerprint density at radius 3 is 2.50 bits per heavy atom. The van der Waals surface area contributed by atoms with E-state index in [4.69, 9.17) is 19.3 Å². The lowest BCUT2D eigenvalue weighted by atomic mass is 10.00. The number of aliphatic hydroxyl groups excluding tert-OH is 1. The number of fused-ring (bicyclic) bond motifs is 1. The molecule has 0 saturated heterocycles. The van der Waals surface area contributed by atoms with Gasteiger partial charge in [0.15, 0.2) is 11.5 Å². The van der Waals surface area contributed by atoms with Gasteiger partial charge in [-0.3, -0.25) is 0 Å². The molecule has 1 aromatic heterocycles. The van der Waals surface area contributed by atoms with Gasteiger partial charge in [-0.2, -0.15) is 8.78 Å². The van der Waals surface area contributed by atoms with Gasteiger partial charge in [0.2, 0.25) is 0 Å². The average molecular weight is 479 g/mol. The molecule has 0 amide bonds. The molecule has 0 bridgehead atoms. The standard InChI is InChI=1S/C24H28F3N3O4/c1-13(11-32-4)34-21-9-17-19(10-20(21)33-5)29-15(3)30-23(17)28-14(2)16-7-6-8-18(22(16)25)24(26,27)12-31/h6-10,13-14,31H,11-12H2,1-5H3,(H,28,29,30)/t13-,14-/m1/s1. The third kappa shape index (κ3) is 5.34. The summed E-state index contributed by atoms with van der Waals surface area (Å²) in [4.78, 5) is 8.89. The van der Waals surface area contributed by atoms with Crippen molar-refractivity contribution in [3.63, 3.8) is 0 Å². The normalized spacial score (nSPS) is 13.6. The van der Waals surface area contributed by atoms with Crippen LogP contribution in [0.25, 0.3) is 10.9 Å². The molecule has 3 rings (SSSR count). The number of halogens is 3. The third-order valence-electron chi connectivity index (χ3n) is 5.26. The summed E-state index contributed by atoms with van der Waals surface area (Å²) < 4.78 is 59.5. The van der Waals surface area contributed by atoms with Crippen molar-refractivity contribution in [2.45, 2.75) is 38.8 Å². The predicted molar refractivity (Wildman–Crippen MR) is 122 cm³/mol. The van der Waals surface area contributed by atoms with Gasteiger partial charge in [0, 0.05) is 24.1 Å². The first-order valence-corrected chi connectivity index (χ1v) is 10.7. The molecule has 0 spiro atoms. The number of benzene rings is 2. The molecule has 0 aliphatic rings. The quantitative estimate of drug-likeness (QED) is 0.434. The van der Waals surface area contributed by atoms with Crippen LogP contribution in [0.1, 0.15) is 36.8 Å². The highest BCUT2D eigenvalue weighted by molar-refractivity contribution is 5.92. The molecule has 0 fully saturated rings. The van der Waals surface area contributed by atoms with E-state index in [-0.39, 0.29) is 11.7 Å². The van der Waals surface area contributed by atoms with Crippen LogP contribution in [0.5, 0.6) is 11.5 Å². The first kappa shape index (κ1) is 25.5. The summed E-state index contributed by atoms with van der Waals surface area (Å²) in [7, 11) is 3.09. The van der Waals surface area contributed by atoms with Crippen LogP contribution in [-0.4, -0.2) is 48.6 Å². The van der Waals surface area contributed by atoms with Crippen LogP contribution in [0, 0.1) is 12.7 Å². The van der Waals surface area contributed by atoms with E-state index in [2.05, 4.69) is 15.3 Å². The van der Waals surface area contributed by atoms with Gasteiger partial charge in [0.1, 0.15) is 30.2 Å². The van der Waals surface area contributed by atoms with Gasteiger partial charge in [-0.15, -0.1) is 0 Å². The number of hydrogen-bond donors (Lipinski definition) is 2. The lowest BCUT2D eigenvalue weighted by Gasteiger charge is -2.21. The first-order chi connectivity index (χ1) is 16.1. The van der Waals surface area contributed by atoms with E-state index >= 15 is 0 Å². The van der Waals surface area contributed by atoms with Gasteiger partial charge < -0.3 is 24.6 Å². The second kappa shape index (κ2) is 10.4. The van der Waals surface area contributed by atoms with E-state index in [9.17, 15) is 13.2 Å². The van der Waals surface area contributed by atoms with Crippen molar-refractivity contribution < 1.29 is 32.5 Å². The van der Waals surface area contributed by atoms with Gasteiger partial charge in [0.25, 0.3) is 5.92 Å². The molecule has 0 saturated carbocycles. The van der Waals surface area contributed by atoms with Gasteiger partial charge >= 0.3 is 0 Å². The van der Waals surface area contributed by atoms with Crippen molar-refractivity contribution in [3.8, 4) is 11.5 Å². The maximum atomic E-state index is 15.0. The van der Waals surface area contributed by atoms with Gasteiger partial charge in [0.05, 0.1) is 30.8 Å². The first-order valence-electron chi connectivity index (χ1n) is 10.7. The summed E-state index contributed by atoms with van der Waals surface area (Å²) in [5.41, 5.74) is -0.294. The zero-order valence-electron chi connectivity index (χ0n) is 19.7. The molecule has 0 unspecified atom stereocenters. The largest absolute Gasteiger partial charge is 0.493 e. The molecule has 1 heterocycles. The fraction of sp³-hybridized carbons (Fsp3) is 0.417. The lowest BCUT2D eigenvalue weighted by molar-refractivity contribution is -0.0583. The van der Waals surface area contributed by atoms with Crippen LogP contribution < -0.4 is 14.8 Å². The summed E-state index contributed by atoms with van der Waals surface area (Å²) in [5.74, 6) is -3.04. The molecule has 34 heavy (non-hydrogen) atoms. The fourth-order valence-electron chi connectivity index (χ4n) is 3.63. The smallest absolute Gasteiger partial charge is 0.298 e.